The lowest BCUT2D eigenvalue weighted by Crippen LogP contribution is -2.18. The van der Waals surface area contributed by atoms with Crippen LogP contribution in [-0.4, -0.2) is 21.1 Å². The summed E-state index contributed by atoms with van der Waals surface area (Å²) in [6, 6.07) is 17.0. The maximum Gasteiger partial charge on any atom is 0.257 e. The summed E-state index contributed by atoms with van der Waals surface area (Å²) in [5.74, 6) is -2.04. The Morgan fingerprint density at radius 1 is 0.829 bits per heavy atom. The number of carbonyl (C=O) groups excluding carboxylic acids is 2. The molecule has 5 rings (SSSR count). The number of aromatic amines is 1. The van der Waals surface area contributed by atoms with Crippen molar-refractivity contribution in [3.63, 3.8) is 0 Å². The summed E-state index contributed by atoms with van der Waals surface area (Å²) in [5, 5.41) is 7.71. The van der Waals surface area contributed by atoms with E-state index in [2.05, 4.69) is 15.6 Å². The van der Waals surface area contributed by atoms with Gasteiger partial charge in [-0.25, -0.2) is 0 Å². The number of hydrogen-bond donors (Lipinski definition) is 3. The predicted octanol–water partition coefficient (Wildman–Crippen LogP) is 7.91. The van der Waals surface area contributed by atoms with Crippen LogP contribution in [0.2, 0.25) is 15.1 Å². The Kier molecular flexibility index (Phi) is 6.41. The molecule has 0 spiro atoms. The van der Waals surface area contributed by atoms with Gasteiger partial charge in [-0.2, -0.15) is 0 Å². The molecule has 0 saturated heterocycles. The van der Waals surface area contributed by atoms with E-state index in [0.29, 0.717) is 27.0 Å². The number of aromatic nitrogens is 1. The summed E-state index contributed by atoms with van der Waals surface area (Å²) in [4.78, 5) is 29.0. The number of carbonyl (C=O) groups is 2. The Labute approximate surface area is 225 Å². The second-order valence-electron chi connectivity index (χ2n) is 8.25. The van der Waals surface area contributed by atoms with Gasteiger partial charge >= 0.3 is 0 Å². The van der Waals surface area contributed by atoms with E-state index in [9.17, 15) is 9.59 Å². The molecule has 1 fully saturated rings. The summed E-state index contributed by atoms with van der Waals surface area (Å²) in [7, 11) is 0. The molecule has 1 aliphatic carbocycles. The van der Waals surface area contributed by atoms with E-state index in [-0.39, 0.29) is 10.6 Å². The summed E-state index contributed by atoms with van der Waals surface area (Å²) in [6.45, 7) is 0. The van der Waals surface area contributed by atoms with Gasteiger partial charge in [-0.15, -0.1) is 23.2 Å². The van der Waals surface area contributed by atoms with Crippen LogP contribution in [-0.2, 0) is 4.79 Å². The van der Waals surface area contributed by atoms with E-state index >= 15 is 0 Å². The Morgan fingerprint density at radius 3 is 2.26 bits per heavy atom. The number of rotatable bonds is 5. The third-order valence-electron chi connectivity index (χ3n) is 5.87. The largest absolute Gasteiger partial charge is 0.361 e. The minimum atomic E-state index is -1.32. The van der Waals surface area contributed by atoms with Gasteiger partial charge in [0.25, 0.3) is 5.91 Å². The topological polar surface area (TPSA) is 74.0 Å². The first-order chi connectivity index (χ1) is 16.6. The van der Waals surface area contributed by atoms with Gasteiger partial charge in [0, 0.05) is 39.1 Å². The van der Waals surface area contributed by atoms with E-state index in [1.54, 1.807) is 30.3 Å². The predicted molar refractivity (Wildman–Crippen MR) is 143 cm³/mol. The molecule has 5 nitrogen and oxygen atoms in total. The molecule has 10 heteroatoms. The Morgan fingerprint density at radius 2 is 1.51 bits per heavy atom. The number of halogens is 5. The highest BCUT2D eigenvalue weighted by Crippen LogP contribution is 2.65. The number of amides is 2. The van der Waals surface area contributed by atoms with Crippen LogP contribution < -0.4 is 10.6 Å². The zero-order valence-electron chi connectivity index (χ0n) is 17.7. The van der Waals surface area contributed by atoms with Crippen LogP contribution in [0.5, 0.6) is 0 Å². The molecule has 0 aliphatic heterocycles. The normalized spacial score (nSPS) is 18.3. The number of alkyl halides is 2. The molecule has 1 aliphatic rings. The van der Waals surface area contributed by atoms with Crippen molar-refractivity contribution >= 4 is 92.1 Å². The second kappa shape index (κ2) is 9.23. The quantitative estimate of drug-likeness (QED) is 0.215. The smallest absolute Gasteiger partial charge is 0.257 e. The molecule has 1 heterocycles. The van der Waals surface area contributed by atoms with Gasteiger partial charge in [0.1, 0.15) is 4.33 Å². The number of anilines is 2. The highest BCUT2D eigenvalue weighted by Gasteiger charge is 2.67. The summed E-state index contributed by atoms with van der Waals surface area (Å²) >= 11 is 31.3. The maximum atomic E-state index is 13.0. The Bertz CT molecular complexity index is 1460. The molecule has 0 unspecified atom stereocenters. The summed E-state index contributed by atoms with van der Waals surface area (Å²) in [5.41, 5.74) is 2.74. The molecule has 3 N–H and O–H groups in total. The highest BCUT2D eigenvalue weighted by molar-refractivity contribution is 6.53. The van der Waals surface area contributed by atoms with Gasteiger partial charge in [-0.1, -0.05) is 40.9 Å². The molecule has 0 bridgehead atoms. The number of H-pyrrole nitrogens is 1. The van der Waals surface area contributed by atoms with E-state index in [0.717, 1.165) is 10.9 Å². The molecule has 35 heavy (non-hydrogen) atoms. The van der Waals surface area contributed by atoms with E-state index in [1.807, 2.05) is 24.4 Å². The van der Waals surface area contributed by atoms with Gasteiger partial charge in [0.15, 0.2) is 0 Å². The molecular weight excluding hydrogens is 552 g/mol. The van der Waals surface area contributed by atoms with Crippen molar-refractivity contribution in [1.29, 1.82) is 0 Å². The van der Waals surface area contributed by atoms with Crippen molar-refractivity contribution < 1.29 is 9.59 Å². The molecule has 0 radical (unpaired) electrons. The summed E-state index contributed by atoms with van der Waals surface area (Å²) < 4.78 is -1.32. The second-order valence-corrected chi connectivity index (χ2v) is 11.0. The van der Waals surface area contributed by atoms with Crippen LogP contribution in [0.15, 0.2) is 66.9 Å². The highest BCUT2D eigenvalue weighted by atomic mass is 35.5. The van der Waals surface area contributed by atoms with Crippen molar-refractivity contribution in [1.82, 2.24) is 4.98 Å². The molecular formula is C25H16Cl5N3O2. The number of nitrogens with one attached hydrogen (secondary N) is 3. The van der Waals surface area contributed by atoms with Crippen LogP contribution in [0.4, 0.5) is 11.4 Å². The third-order valence-corrected chi connectivity index (χ3v) is 7.58. The van der Waals surface area contributed by atoms with E-state index < -0.39 is 28.0 Å². The van der Waals surface area contributed by atoms with Gasteiger partial charge in [-0.3, -0.25) is 9.59 Å². The van der Waals surface area contributed by atoms with Crippen LogP contribution in [0.1, 0.15) is 21.8 Å². The van der Waals surface area contributed by atoms with Crippen molar-refractivity contribution in [3.8, 4) is 0 Å². The monoisotopic (exact) mass is 565 g/mol. The Hall–Kier alpha value is -2.41. The van der Waals surface area contributed by atoms with Crippen LogP contribution in [0.3, 0.4) is 0 Å². The number of hydrogen-bond acceptors (Lipinski definition) is 2. The lowest BCUT2D eigenvalue weighted by atomic mass is 10.1. The van der Waals surface area contributed by atoms with Crippen LogP contribution >= 0.6 is 58.0 Å². The number of benzene rings is 3. The van der Waals surface area contributed by atoms with Crippen molar-refractivity contribution in [2.75, 3.05) is 10.6 Å². The van der Waals surface area contributed by atoms with E-state index in [1.165, 1.54) is 12.1 Å². The fourth-order valence-electron chi connectivity index (χ4n) is 4.14. The van der Waals surface area contributed by atoms with Gasteiger partial charge in [-0.05, 0) is 65.5 Å². The lowest BCUT2D eigenvalue weighted by molar-refractivity contribution is -0.117. The van der Waals surface area contributed by atoms with Gasteiger partial charge in [0.2, 0.25) is 5.91 Å². The fraction of sp³-hybridized carbons (Fsp3) is 0.120. The SMILES string of the molecule is O=C(Nc1ccc2cc[nH]c2c1)c1cc(NC(=O)[C@@H]2[C@@H](c3cc(Cl)cc(Cl)c3)C2(Cl)Cl)ccc1Cl. The van der Waals surface area contributed by atoms with Crippen molar-refractivity contribution in [3.05, 3.63) is 93.1 Å². The first-order valence-electron chi connectivity index (χ1n) is 10.5. The zero-order chi connectivity index (χ0) is 24.9. The van der Waals surface area contributed by atoms with Gasteiger partial charge < -0.3 is 15.6 Å². The van der Waals surface area contributed by atoms with Crippen LogP contribution in [0, 0.1) is 5.92 Å². The average molecular weight is 568 g/mol. The Balaban J connectivity index is 1.33. The molecule has 4 aromatic rings. The third kappa shape index (κ3) is 4.84. The first-order valence-corrected chi connectivity index (χ1v) is 12.3. The molecule has 2 amide bonds. The summed E-state index contributed by atoms with van der Waals surface area (Å²) in [6.07, 6.45) is 1.82. The molecule has 1 aromatic heterocycles. The molecule has 178 valence electrons. The first kappa shape index (κ1) is 24.3. The standard InChI is InChI=1S/C25H16Cl5N3O2/c26-14-7-13(8-15(27)9-14)21-22(25(21,29)30)24(35)33-16-3-4-19(28)18(10-16)23(34)32-17-2-1-12-5-6-31-20(12)11-17/h1-11,21-22,31H,(H,32,34)(H,33,35)/t21-,22+/m1/s1. The molecule has 3 aromatic carbocycles. The van der Waals surface area contributed by atoms with Crippen molar-refractivity contribution in [2.24, 2.45) is 5.92 Å². The molecule has 1 saturated carbocycles. The van der Waals surface area contributed by atoms with Crippen LogP contribution in [0.25, 0.3) is 10.9 Å². The zero-order valence-corrected chi connectivity index (χ0v) is 21.5. The fourth-order valence-corrected chi connectivity index (χ4v) is 5.72. The minimum Gasteiger partial charge on any atom is -0.361 e. The minimum absolute atomic E-state index is 0.202. The van der Waals surface area contributed by atoms with E-state index in [4.69, 9.17) is 58.0 Å². The van der Waals surface area contributed by atoms with Gasteiger partial charge in [0.05, 0.1) is 16.5 Å². The molecule has 2 atom stereocenters. The average Bonchev–Trinajstić information content (AvgIpc) is 3.11. The lowest BCUT2D eigenvalue weighted by Gasteiger charge is -2.10. The maximum absolute atomic E-state index is 13.0. The number of fused-ring (bicyclic) bond motifs is 1. The van der Waals surface area contributed by atoms with Crippen molar-refractivity contribution in [2.45, 2.75) is 10.3 Å².